The van der Waals surface area contributed by atoms with Crippen LogP contribution < -0.4 is 5.32 Å². The molecule has 0 bridgehead atoms. The van der Waals surface area contributed by atoms with E-state index in [0.717, 1.165) is 27.9 Å². The fraction of sp³-hybridized carbons (Fsp3) is 0.217. The molecule has 0 spiro atoms. The van der Waals surface area contributed by atoms with Gasteiger partial charge in [-0.2, -0.15) is 5.10 Å². The summed E-state index contributed by atoms with van der Waals surface area (Å²) in [7, 11) is 1.89. The number of rotatable bonds is 7. The Hall–Kier alpha value is -3.29. The maximum absolute atomic E-state index is 12.7. The van der Waals surface area contributed by atoms with E-state index in [4.69, 9.17) is 11.6 Å². The fourth-order valence-corrected chi connectivity index (χ4v) is 3.68. The standard InChI is InChI=1S/C23H23ClN6O/c1-16-21-10-18(12-26-23(21)29(2)28-16)14-30(13-17-4-3-9-25-11-17)15-22(31)27-20-7-5-19(24)6-8-20/h3-12H,13-15H2,1-2H3,(H,27,31). The molecule has 0 radical (unpaired) electrons. The Morgan fingerprint density at radius 2 is 1.90 bits per heavy atom. The Kier molecular flexibility index (Phi) is 6.25. The summed E-state index contributed by atoms with van der Waals surface area (Å²) in [5.74, 6) is -0.0993. The van der Waals surface area contributed by atoms with Crippen molar-refractivity contribution < 1.29 is 4.79 Å². The molecular formula is C23H23ClN6O. The highest BCUT2D eigenvalue weighted by atomic mass is 35.5. The second kappa shape index (κ2) is 9.24. The van der Waals surface area contributed by atoms with Crippen LogP contribution in [0, 0.1) is 6.92 Å². The summed E-state index contributed by atoms with van der Waals surface area (Å²) in [4.78, 5) is 23.6. The SMILES string of the molecule is Cc1nn(C)c2ncc(CN(CC(=O)Nc3ccc(Cl)cc3)Cc3cccnc3)cc12. The van der Waals surface area contributed by atoms with Gasteiger partial charge < -0.3 is 5.32 Å². The van der Waals surface area contributed by atoms with E-state index in [0.29, 0.717) is 23.8 Å². The molecule has 0 unspecified atom stereocenters. The van der Waals surface area contributed by atoms with Crippen molar-refractivity contribution >= 4 is 34.2 Å². The van der Waals surface area contributed by atoms with Crippen LogP contribution in [0.4, 0.5) is 5.69 Å². The third-order valence-electron chi connectivity index (χ3n) is 4.95. The van der Waals surface area contributed by atoms with E-state index in [9.17, 15) is 4.79 Å². The van der Waals surface area contributed by atoms with Gasteiger partial charge in [-0.1, -0.05) is 17.7 Å². The first kappa shape index (κ1) is 21.0. The molecule has 3 heterocycles. The van der Waals surface area contributed by atoms with Crippen molar-refractivity contribution in [3.05, 3.63) is 82.9 Å². The first-order valence-corrected chi connectivity index (χ1v) is 10.3. The van der Waals surface area contributed by atoms with Gasteiger partial charge >= 0.3 is 0 Å². The molecule has 3 aromatic heterocycles. The van der Waals surface area contributed by atoms with Gasteiger partial charge in [-0.25, -0.2) is 4.98 Å². The average molecular weight is 435 g/mol. The molecule has 0 fully saturated rings. The lowest BCUT2D eigenvalue weighted by molar-refractivity contribution is -0.117. The third-order valence-corrected chi connectivity index (χ3v) is 5.20. The van der Waals surface area contributed by atoms with Gasteiger partial charge in [-0.15, -0.1) is 0 Å². The number of nitrogens with one attached hydrogen (secondary N) is 1. The van der Waals surface area contributed by atoms with Crippen LogP contribution in [0.2, 0.25) is 5.02 Å². The second-order valence-corrected chi connectivity index (χ2v) is 7.92. The van der Waals surface area contributed by atoms with E-state index in [2.05, 4.69) is 31.3 Å². The van der Waals surface area contributed by atoms with Crippen molar-refractivity contribution in [1.29, 1.82) is 0 Å². The lowest BCUT2D eigenvalue weighted by atomic mass is 10.2. The zero-order valence-electron chi connectivity index (χ0n) is 17.4. The quantitative estimate of drug-likeness (QED) is 0.476. The normalized spacial score (nSPS) is 11.2. The van der Waals surface area contributed by atoms with Crippen molar-refractivity contribution in [3.63, 3.8) is 0 Å². The molecule has 0 aliphatic rings. The molecule has 31 heavy (non-hydrogen) atoms. The molecule has 4 aromatic rings. The number of halogens is 1. The summed E-state index contributed by atoms with van der Waals surface area (Å²) in [5.41, 5.74) is 4.55. The molecule has 0 atom stereocenters. The zero-order valence-corrected chi connectivity index (χ0v) is 18.2. The number of nitrogens with zero attached hydrogens (tertiary/aromatic N) is 5. The first-order valence-electron chi connectivity index (χ1n) is 9.93. The predicted octanol–water partition coefficient (Wildman–Crippen LogP) is 3.97. The predicted molar refractivity (Wildman–Crippen MR) is 122 cm³/mol. The smallest absolute Gasteiger partial charge is 0.238 e. The third kappa shape index (κ3) is 5.25. The number of anilines is 1. The minimum atomic E-state index is -0.0993. The number of hydrogen-bond donors (Lipinski definition) is 1. The molecule has 0 aliphatic carbocycles. The Morgan fingerprint density at radius 3 is 2.65 bits per heavy atom. The topological polar surface area (TPSA) is 75.9 Å². The van der Waals surface area contributed by atoms with Crippen molar-refractivity contribution in [2.75, 3.05) is 11.9 Å². The van der Waals surface area contributed by atoms with Gasteiger partial charge in [0.25, 0.3) is 0 Å². The highest BCUT2D eigenvalue weighted by Gasteiger charge is 2.15. The average Bonchev–Trinajstić information content (AvgIpc) is 3.03. The molecule has 1 amide bonds. The summed E-state index contributed by atoms with van der Waals surface area (Å²) in [6, 6.07) is 13.1. The number of pyridine rings is 2. The Balaban J connectivity index is 1.53. The Morgan fingerprint density at radius 1 is 1.13 bits per heavy atom. The molecule has 1 aromatic carbocycles. The zero-order chi connectivity index (χ0) is 21.8. The minimum Gasteiger partial charge on any atom is -0.325 e. The minimum absolute atomic E-state index is 0.0993. The Labute approximate surface area is 185 Å². The monoisotopic (exact) mass is 434 g/mol. The number of benzene rings is 1. The van der Waals surface area contributed by atoms with Gasteiger partial charge in [-0.3, -0.25) is 19.4 Å². The molecule has 0 saturated heterocycles. The number of carbonyl (C=O) groups excluding carboxylic acids is 1. The lowest BCUT2D eigenvalue weighted by Gasteiger charge is -2.22. The van der Waals surface area contributed by atoms with Crippen LogP contribution in [0.5, 0.6) is 0 Å². The highest BCUT2D eigenvalue weighted by Crippen LogP contribution is 2.19. The number of aryl methyl sites for hydroxylation is 2. The van der Waals surface area contributed by atoms with Crippen LogP contribution in [-0.2, 0) is 24.9 Å². The van der Waals surface area contributed by atoms with Crippen LogP contribution in [0.25, 0.3) is 11.0 Å². The summed E-state index contributed by atoms with van der Waals surface area (Å²) in [6.45, 7) is 3.36. The van der Waals surface area contributed by atoms with Crippen LogP contribution in [0.15, 0.2) is 61.1 Å². The molecule has 8 heteroatoms. The van der Waals surface area contributed by atoms with E-state index < -0.39 is 0 Å². The molecular weight excluding hydrogens is 412 g/mol. The van der Waals surface area contributed by atoms with Gasteiger partial charge in [0.1, 0.15) is 0 Å². The number of hydrogen-bond acceptors (Lipinski definition) is 5. The van der Waals surface area contributed by atoms with E-state index >= 15 is 0 Å². The lowest BCUT2D eigenvalue weighted by Crippen LogP contribution is -2.32. The second-order valence-electron chi connectivity index (χ2n) is 7.49. The first-order chi connectivity index (χ1) is 15.0. The maximum atomic E-state index is 12.7. The van der Waals surface area contributed by atoms with E-state index in [-0.39, 0.29) is 12.5 Å². The molecule has 1 N–H and O–H groups in total. The number of fused-ring (bicyclic) bond motifs is 1. The molecule has 4 rings (SSSR count). The summed E-state index contributed by atoms with van der Waals surface area (Å²) in [5, 5.41) is 9.02. The molecule has 7 nitrogen and oxygen atoms in total. The van der Waals surface area contributed by atoms with Crippen LogP contribution in [0.1, 0.15) is 16.8 Å². The van der Waals surface area contributed by atoms with Crippen LogP contribution >= 0.6 is 11.6 Å². The molecule has 158 valence electrons. The van der Waals surface area contributed by atoms with Crippen molar-refractivity contribution in [3.8, 4) is 0 Å². The summed E-state index contributed by atoms with van der Waals surface area (Å²) >= 11 is 5.93. The van der Waals surface area contributed by atoms with Gasteiger partial charge in [-0.05, 0) is 54.4 Å². The van der Waals surface area contributed by atoms with Gasteiger partial charge in [0.15, 0.2) is 5.65 Å². The molecule has 0 saturated carbocycles. The Bertz CT molecular complexity index is 1190. The fourth-order valence-electron chi connectivity index (χ4n) is 3.55. The van der Waals surface area contributed by atoms with E-state index in [1.54, 1.807) is 35.1 Å². The summed E-state index contributed by atoms with van der Waals surface area (Å²) < 4.78 is 1.78. The van der Waals surface area contributed by atoms with Gasteiger partial charge in [0, 0.05) is 54.8 Å². The van der Waals surface area contributed by atoms with Crippen molar-refractivity contribution in [2.45, 2.75) is 20.0 Å². The van der Waals surface area contributed by atoms with Crippen LogP contribution in [-0.4, -0.2) is 37.1 Å². The number of aromatic nitrogens is 4. The van der Waals surface area contributed by atoms with E-state index in [1.807, 2.05) is 38.5 Å². The van der Waals surface area contributed by atoms with Gasteiger partial charge in [0.05, 0.1) is 12.2 Å². The van der Waals surface area contributed by atoms with E-state index in [1.165, 1.54) is 0 Å². The largest absolute Gasteiger partial charge is 0.325 e. The van der Waals surface area contributed by atoms with Crippen LogP contribution in [0.3, 0.4) is 0 Å². The maximum Gasteiger partial charge on any atom is 0.238 e. The summed E-state index contributed by atoms with van der Waals surface area (Å²) in [6.07, 6.45) is 5.40. The number of carbonyl (C=O) groups is 1. The van der Waals surface area contributed by atoms with Crippen molar-refractivity contribution in [2.24, 2.45) is 7.05 Å². The van der Waals surface area contributed by atoms with Crippen molar-refractivity contribution in [1.82, 2.24) is 24.6 Å². The highest BCUT2D eigenvalue weighted by molar-refractivity contribution is 6.30. The molecule has 0 aliphatic heterocycles. The number of amides is 1. The van der Waals surface area contributed by atoms with Gasteiger partial charge in [0.2, 0.25) is 5.91 Å².